The van der Waals surface area contributed by atoms with E-state index in [0.717, 1.165) is 5.56 Å². The predicted molar refractivity (Wildman–Crippen MR) is 91.3 cm³/mol. The molecule has 0 aliphatic rings. The minimum Gasteiger partial charge on any atom is -0.269 e. The summed E-state index contributed by atoms with van der Waals surface area (Å²) in [5, 5.41) is 0.420. The lowest BCUT2D eigenvalue weighted by Crippen LogP contribution is -2.26. The zero-order valence-corrected chi connectivity index (χ0v) is 14.1. The maximum atomic E-state index is 12.8. The Morgan fingerprint density at radius 2 is 1.70 bits per heavy atom. The van der Waals surface area contributed by atoms with Crippen LogP contribution in [0.5, 0.6) is 0 Å². The molecule has 0 N–H and O–H groups in total. The lowest BCUT2D eigenvalue weighted by Gasteiger charge is -2.20. The van der Waals surface area contributed by atoms with Crippen LogP contribution >= 0.6 is 11.6 Å². The smallest absolute Gasteiger partial charge is 0.264 e. The molecule has 0 aliphatic heterocycles. The first kappa shape index (κ1) is 15.7. The molecule has 0 fully saturated rings. The average molecular weight is 348 g/mol. The highest BCUT2D eigenvalue weighted by Gasteiger charge is 2.22. The number of hydrogen-bond acceptors (Lipinski definition) is 4. The summed E-state index contributed by atoms with van der Waals surface area (Å²) >= 11 is 6.05. The second-order valence-electron chi connectivity index (χ2n) is 5.11. The molecule has 23 heavy (non-hydrogen) atoms. The number of aromatic nitrogens is 2. The zero-order valence-electron chi connectivity index (χ0n) is 12.6. The second-order valence-corrected chi connectivity index (χ2v) is 7.49. The molecule has 0 saturated heterocycles. The van der Waals surface area contributed by atoms with E-state index in [-0.39, 0.29) is 4.90 Å². The van der Waals surface area contributed by atoms with Crippen LogP contribution in [-0.4, -0.2) is 25.4 Å². The highest BCUT2D eigenvalue weighted by Crippen LogP contribution is 2.27. The quantitative estimate of drug-likeness (QED) is 0.728. The number of fused-ring (bicyclic) bond motifs is 1. The van der Waals surface area contributed by atoms with Gasteiger partial charge in [0.15, 0.2) is 0 Å². The molecule has 0 saturated carbocycles. The fourth-order valence-electron chi connectivity index (χ4n) is 2.18. The van der Waals surface area contributed by atoms with Gasteiger partial charge in [-0.05, 0) is 42.8 Å². The monoisotopic (exact) mass is 347 g/mol. The van der Waals surface area contributed by atoms with E-state index in [0.29, 0.717) is 21.7 Å². The van der Waals surface area contributed by atoms with Crippen LogP contribution in [0.1, 0.15) is 5.56 Å². The van der Waals surface area contributed by atoms with Crippen molar-refractivity contribution in [1.82, 2.24) is 9.97 Å². The first-order chi connectivity index (χ1) is 10.9. The third kappa shape index (κ3) is 2.87. The molecule has 0 spiro atoms. The van der Waals surface area contributed by atoms with Gasteiger partial charge in [0.05, 0.1) is 21.6 Å². The topological polar surface area (TPSA) is 63.2 Å². The van der Waals surface area contributed by atoms with Gasteiger partial charge in [-0.25, -0.2) is 8.42 Å². The maximum absolute atomic E-state index is 12.8. The minimum absolute atomic E-state index is 0.148. The fourth-order valence-corrected chi connectivity index (χ4v) is 3.64. The van der Waals surface area contributed by atoms with Gasteiger partial charge in [-0.3, -0.25) is 14.3 Å². The second kappa shape index (κ2) is 5.79. The van der Waals surface area contributed by atoms with Crippen LogP contribution in [-0.2, 0) is 10.0 Å². The van der Waals surface area contributed by atoms with Crippen molar-refractivity contribution in [2.75, 3.05) is 11.4 Å². The van der Waals surface area contributed by atoms with Crippen molar-refractivity contribution in [2.45, 2.75) is 11.8 Å². The standard InChI is InChI=1S/C16H14ClN3O2S/c1-11-3-5-13(10-14(11)17)23(21,22)20(2)12-4-6-15-16(9-12)19-8-7-18-15/h3-10H,1-2H3. The summed E-state index contributed by atoms with van der Waals surface area (Å²) in [4.78, 5) is 8.52. The van der Waals surface area contributed by atoms with Gasteiger partial charge < -0.3 is 0 Å². The van der Waals surface area contributed by atoms with Crippen molar-refractivity contribution >= 4 is 38.3 Å². The normalized spacial score (nSPS) is 11.6. The molecular weight excluding hydrogens is 334 g/mol. The molecule has 3 aromatic rings. The summed E-state index contributed by atoms with van der Waals surface area (Å²) in [6.45, 7) is 1.82. The number of halogens is 1. The fraction of sp³-hybridized carbons (Fsp3) is 0.125. The van der Waals surface area contributed by atoms with Gasteiger partial charge in [-0.2, -0.15) is 0 Å². The zero-order chi connectivity index (χ0) is 16.6. The Labute approximate surface area is 139 Å². The van der Waals surface area contributed by atoms with Crippen LogP contribution in [0.2, 0.25) is 5.02 Å². The lowest BCUT2D eigenvalue weighted by molar-refractivity contribution is 0.594. The number of aryl methyl sites for hydroxylation is 1. The molecule has 118 valence electrons. The third-order valence-corrected chi connectivity index (χ3v) is 5.81. The summed E-state index contributed by atoms with van der Waals surface area (Å²) in [5.41, 5.74) is 2.68. The van der Waals surface area contributed by atoms with E-state index < -0.39 is 10.0 Å². The van der Waals surface area contributed by atoms with Crippen LogP contribution in [0.3, 0.4) is 0 Å². The summed E-state index contributed by atoms with van der Waals surface area (Å²) < 4.78 is 26.7. The van der Waals surface area contributed by atoms with Gasteiger partial charge >= 0.3 is 0 Å². The van der Waals surface area contributed by atoms with Crippen LogP contribution in [0.4, 0.5) is 5.69 Å². The summed E-state index contributed by atoms with van der Waals surface area (Å²) in [5.74, 6) is 0. The van der Waals surface area contributed by atoms with Crippen LogP contribution in [0.15, 0.2) is 53.7 Å². The molecule has 0 unspecified atom stereocenters. The van der Waals surface area contributed by atoms with E-state index >= 15 is 0 Å². The molecule has 7 heteroatoms. The maximum Gasteiger partial charge on any atom is 0.264 e. The largest absolute Gasteiger partial charge is 0.269 e. The van der Waals surface area contributed by atoms with Crippen molar-refractivity contribution in [2.24, 2.45) is 0 Å². The van der Waals surface area contributed by atoms with Gasteiger partial charge in [0.25, 0.3) is 10.0 Å². The molecule has 0 atom stereocenters. The highest BCUT2D eigenvalue weighted by molar-refractivity contribution is 7.92. The molecule has 0 bridgehead atoms. The molecule has 3 rings (SSSR count). The third-order valence-electron chi connectivity index (χ3n) is 3.62. The van der Waals surface area contributed by atoms with E-state index in [9.17, 15) is 8.42 Å². The SMILES string of the molecule is Cc1ccc(S(=O)(=O)N(C)c2ccc3nccnc3c2)cc1Cl. The Balaban J connectivity index is 2.05. The molecule has 0 aliphatic carbocycles. The first-order valence-electron chi connectivity index (χ1n) is 6.85. The van der Waals surface area contributed by atoms with Gasteiger partial charge in [-0.1, -0.05) is 17.7 Å². The van der Waals surface area contributed by atoms with Crippen LogP contribution < -0.4 is 4.31 Å². The molecule has 0 radical (unpaired) electrons. The first-order valence-corrected chi connectivity index (χ1v) is 8.67. The van der Waals surface area contributed by atoms with Crippen LogP contribution in [0.25, 0.3) is 11.0 Å². The van der Waals surface area contributed by atoms with E-state index in [2.05, 4.69) is 9.97 Å². The van der Waals surface area contributed by atoms with Gasteiger partial charge in [-0.15, -0.1) is 0 Å². The number of nitrogens with zero attached hydrogens (tertiary/aromatic N) is 3. The molecule has 5 nitrogen and oxygen atoms in total. The minimum atomic E-state index is -3.70. The van der Waals surface area contributed by atoms with E-state index in [1.54, 1.807) is 42.7 Å². The average Bonchev–Trinajstić information content (AvgIpc) is 2.56. The Kier molecular flexibility index (Phi) is 3.95. The Morgan fingerprint density at radius 1 is 1.00 bits per heavy atom. The Bertz CT molecular complexity index is 990. The molecular formula is C16H14ClN3O2S. The van der Waals surface area contributed by atoms with Crippen molar-refractivity contribution in [3.63, 3.8) is 0 Å². The van der Waals surface area contributed by atoms with Gasteiger partial charge in [0.2, 0.25) is 0 Å². The highest BCUT2D eigenvalue weighted by atomic mass is 35.5. The number of rotatable bonds is 3. The summed E-state index contributed by atoms with van der Waals surface area (Å²) in [6.07, 6.45) is 3.16. The van der Waals surface area contributed by atoms with E-state index in [1.165, 1.54) is 17.4 Å². The summed E-state index contributed by atoms with van der Waals surface area (Å²) in [6, 6.07) is 9.83. The molecule has 1 heterocycles. The van der Waals surface area contributed by atoms with Gasteiger partial charge in [0, 0.05) is 24.5 Å². The van der Waals surface area contributed by atoms with Crippen molar-refractivity contribution in [1.29, 1.82) is 0 Å². The van der Waals surface area contributed by atoms with Crippen molar-refractivity contribution in [3.05, 3.63) is 59.4 Å². The summed E-state index contributed by atoms with van der Waals surface area (Å²) in [7, 11) is -2.20. The molecule has 1 aromatic heterocycles. The number of hydrogen-bond donors (Lipinski definition) is 0. The molecule has 2 aromatic carbocycles. The lowest BCUT2D eigenvalue weighted by atomic mass is 10.2. The van der Waals surface area contributed by atoms with E-state index in [4.69, 9.17) is 11.6 Å². The van der Waals surface area contributed by atoms with E-state index in [1.807, 2.05) is 6.92 Å². The molecule has 0 amide bonds. The Morgan fingerprint density at radius 3 is 2.39 bits per heavy atom. The van der Waals surface area contributed by atoms with Crippen molar-refractivity contribution < 1.29 is 8.42 Å². The predicted octanol–water partition coefficient (Wildman–Crippen LogP) is 3.42. The number of anilines is 1. The number of benzene rings is 2. The van der Waals surface area contributed by atoms with Crippen molar-refractivity contribution in [3.8, 4) is 0 Å². The Hall–Kier alpha value is -2.18. The van der Waals surface area contributed by atoms with Gasteiger partial charge in [0.1, 0.15) is 0 Å². The number of sulfonamides is 1. The van der Waals surface area contributed by atoms with Crippen LogP contribution in [0, 0.1) is 6.92 Å².